The van der Waals surface area contributed by atoms with Crippen LogP contribution in [-0.2, 0) is 5.75 Å². The van der Waals surface area contributed by atoms with Gasteiger partial charge in [-0.2, -0.15) is 12.6 Å². The van der Waals surface area contributed by atoms with Crippen LogP contribution in [0.15, 0.2) is 24.4 Å². The standard InChI is InChI=1S/C8H9N3S/c9-7-2-1-3-8-10-6(5-12)4-11(7)8/h1-4,12H,5,9H2. The largest absolute Gasteiger partial charge is 0.385 e. The monoisotopic (exact) mass is 179 g/mol. The Bertz CT molecular complexity index is 408. The second-order valence-corrected chi connectivity index (χ2v) is 2.89. The molecule has 0 atom stereocenters. The number of rotatable bonds is 1. The Kier molecular flexibility index (Phi) is 1.69. The third-order valence-corrected chi connectivity index (χ3v) is 2.06. The molecule has 12 heavy (non-hydrogen) atoms. The van der Waals surface area contributed by atoms with Gasteiger partial charge in [0.05, 0.1) is 5.69 Å². The fourth-order valence-electron chi connectivity index (χ4n) is 1.16. The van der Waals surface area contributed by atoms with Crippen LogP contribution < -0.4 is 5.73 Å². The maximum Gasteiger partial charge on any atom is 0.138 e. The van der Waals surface area contributed by atoms with Crippen molar-refractivity contribution < 1.29 is 0 Å². The molecule has 0 saturated carbocycles. The molecule has 0 spiro atoms. The van der Waals surface area contributed by atoms with Gasteiger partial charge in [0.25, 0.3) is 0 Å². The van der Waals surface area contributed by atoms with Crippen LogP contribution in [0.1, 0.15) is 5.69 Å². The predicted molar refractivity (Wildman–Crippen MR) is 52.3 cm³/mol. The number of hydrogen-bond acceptors (Lipinski definition) is 3. The summed E-state index contributed by atoms with van der Waals surface area (Å²) in [6.45, 7) is 0. The number of anilines is 1. The smallest absolute Gasteiger partial charge is 0.138 e. The first kappa shape index (κ1) is 7.49. The summed E-state index contributed by atoms with van der Waals surface area (Å²) in [6, 6.07) is 5.65. The summed E-state index contributed by atoms with van der Waals surface area (Å²) in [5.74, 6) is 1.34. The van der Waals surface area contributed by atoms with Gasteiger partial charge in [-0.25, -0.2) is 4.98 Å². The van der Waals surface area contributed by atoms with Gasteiger partial charge in [0.2, 0.25) is 0 Å². The molecule has 0 unspecified atom stereocenters. The van der Waals surface area contributed by atoms with Crippen LogP contribution >= 0.6 is 12.6 Å². The van der Waals surface area contributed by atoms with E-state index in [1.54, 1.807) is 0 Å². The van der Waals surface area contributed by atoms with Crippen molar-refractivity contribution in [3.8, 4) is 0 Å². The Balaban J connectivity index is 2.74. The second-order valence-electron chi connectivity index (χ2n) is 2.57. The van der Waals surface area contributed by atoms with Crippen LogP contribution in [0.4, 0.5) is 5.82 Å². The van der Waals surface area contributed by atoms with Crippen molar-refractivity contribution in [2.45, 2.75) is 5.75 Å². The summed E-state index contributed by atoms with van der Waals surface area (Å²) in [5.41, 5.74) is 7.54. The minimum absolute atomic E-state index is 0.640. The number of aromatic nitrogens is 2. The van der Waals surface area contributed by atoms with Crippen molar-refractivity contribution in [2.75, 3.05) is 5.73 Å². The van der Waals surface area contributed by atoms with Crippen LogP contribution in [0.3, 0.4) is 0 Å². The molecule has 3 nitrogen and oxygen atoms in total. The third-order valence-electron chi connectivity index (χ3n) is 1.74. The van der Waals surface area contributed by atoms with E-state index in [9.17, 15) is 0 Å². The lowest BCUT2D eigenvalue weighted by Crippen LogP contribution is -1.93. The maximum absolute atomic E-state index is 5.72. The summed E-state index contributed by atoms with van der Waals surface area (Å²) < 4.78 is 1.85. The Morgan fingerprint density at radius 1 is 1.50 bits per heavy atom. The molecule has 0 radical (unpaired) electrons. The van der Waals surface area contributed by atoms with Gasteiger partial charge in [0.15, 0.2) is 0 Å². The van der Waals surface area contributed by atoms with Gasteiger partial charge in [0, 0.05) is 11.9 Å². The zero-order valence-electron chi connectivity index (χ0n) is 6.44. The highest BCUT2D eigenvalue weighted by atomic mass is 32.1. The van der Waals surface area contributed by atoms with E-state index in [4.69, 9.17) is 5.73 Å². The molecule has 2 heterocycles. The first-order valence-corrected chi connectivity index (χ1v) is 4.28. The van der Waals surface area contributed by atoms with Gasteiger partial charge in [-0.1, -0.05) is 6.07 Å². The van der Waals surface area contributed by atoms with Crippen LogP contribution in [0, 0.1) is 0 Å². The van der Waals surface area contributed by atoms with Gasteiger partial charge in [-0.3, -0.25) is 4.40 Å². The lowest BCUT2D eigenvalue weighted by Gasteiger charge is -1.95. The molecule has 0 bridgehead atoms. The molecule has 0 amide bonds. The van der Waals surface area contributed by atoms with Gasteiger partial charge in [0.1, 0.15) is 11.5 Å². The Morgan fingerprint density at radius 2 is 2.33 bits per heavy atom. The second kappa shape index (κ2) is 2.71. The molecule has 4 heteroatoms. The third kappa shape index (κ3) is 1.04. The summed E-state index contributed by atoms with van der Waals surface area (Å²) in [7, 11) is 0. The zero-order valence-corrected chi connectivity index (χ0v) is 7.33. The average molecular weight is 179 g/mol. The molecule has 0 saturated heterocycles. The molecule has 2 rings (SSSR count). The summed E-state index contributed by atoms with van der Waals surface area (Å²) >= 11 is 4.14. The summed E-state index contributed by atoms with van der Waals surface area (Å²) in [4.78, 5) is 4.30. The van der Waals surface area contributed by atoms with Crippen molar-refractivity contribution in [1.29, 1.82) is 0 Å². The molecule has 2 aromatic rings. The van der Waals surface area contributed by atoms with E-state index in [0.29, 0.717) is 11.6 Å². The topological polar surface area (TPSA) is 43.3 Å². The molecule has 0 aliphatic heterocycles. The highest BCUT2D eigenvalue weighted by Gasteiger charge is 2.00. The number of nitrogens with zero attached hydrogens (tertiary/aromatic N) is 2. The van der Waals surface area contributed by atoms with Crippen molar-refractivity contribution >= 4 is 24.1 Å². The lowest BCUT2D eigenvalue weighted by atomic mass is 10.4. The quantitative estimate of drug-likeness (QED) is 0.649. The van der Waals surface area contributed by atoms with E-state index in [1.807, 2.05) is 28.8 Å². The van der Waals surface area contributed by atoms with E-state index < -0.39 is 0 Å². The minimum Gasteiger partial charge on any atom is -0.385 e. The van der Waals surface area contributed by atoms with Crippen LogP contribution in [0.2, 0.25) is 0 Å². The first-order chi connectivity index (χ1) is 5.81. The van der Waals surface area contributed by atoms with Crippen molar-refractivity contribution in [3.63, 3.8) is 0 Å². The Labute approximate surface area is 75.6 Å². The number of imidazole rings is 1. The van der Waals surface area contributed by atoms with Gasteiger partial charge in [-0.05, 0) is 12.1 Å². The average Bonchev–Trinajstić information content (AvgIpc) is 2.49. The van der Waals surface area contributed by atoms with Gasteiger partial charge >= 0.3 is 0 Å². The fraction of sp³-hybridized carbons (Fsp3) is 0.125. The van der Waals surface area contributed by atoms with Crippen molar-refractivity contribution in [1.82, 2.24) is 9.38 Å². The van der Waals surface area contributed by atoms with E-state index in [2.05, 4.69) is 17.6 Å². The van der Waals surface area contributed by atoms with E-state index in [0.717, 1.165) is 11.3 Å². The molecule has 0 aromatic carbocycles. The highest BCUT2D eigenvalue weighted by molar-refractivity contribution is 7.79. The number of fused-ring (bicyclic) bond motifs is 1. The highest BCUT2D eigenvalue weighted by Crippen LogP contribution is 2.11. The van der Waals surface area contributed by atoms with Crippen molar-refractivity contribution in [3.05, 3.63) is 30.1 Å². The predicted octanol–water partition coefficient (Wildman–Crippen LogP) is 1.35. The Hall–Kier alpha value is -1.16. The molecule has 0 aliphatic carbocycles. The molecule has 2 aromatic heterocycles. The molecule has 0 aliphatic rings. The number of nitrogens with two attached hydrogens (primary N) is 1. The van der Waals surface area contributed by atoms with E-state index >= 15 is 0 Å². The number of nitrogen functional groups attached to an aromatic ring is 1. The molecular formula is C8H9N3S. The number of hydrogen-bond donors (Lipinski definition) is 2. The molecule has 0 fully saturated rings. The van der Waals surface area contributed by atoms with Crippen LogP contribution in [0.5, 0.6) is 0 Å². The fourth-order valence-corrected chi connectivity index (χ4v) is 1.31. The van der Waals surface area contributed by atoms with E-state index in [1.165, 1.54) is 0 Å². The van der Waals surface area contributed by atoms with Crippen molar-refractivity contribution in [2.24, 2.45) is 0 Å². The summed E-state index contributed by atoms with van der Waals surface area (Å²) in [5, 5.41) is 0. The minimum atomic E-state index is 0.640. The zero-order chi connectivity index (χ0) is 8.55. The molecule has 2 N–H and O–H groups in total. The molecular weight excluding hydrogens is 170 g/mol. The molecule has 62 valence electrons. The lowest BCUT2D eigenvalue weighted by molar-refractivity contribution is 1.20. The number of thiol groups is 1. The summed E-state index contributed by atoms with van der Waals surface area (Å²) in [6.07, 6.45) is 1.90. The number of pyridine rings is 1. The SMILES string of the molecule is Nc1cccc2nc(CS)cn12. The van der Waals surface area contributed by atoms with Gasteiger partial charge in [-0.15, -0.1) is 0 Å². The first-order valence-electron chi connectivity index (χ1n) is 3.64. The van der Waals surface area contributed by atoms with E-state index in [-0.39, 0.29) is 0 Å². The Morgan fingerprint density at radius 3 is 3.00 bits per heavy atom. The van der Waals surface area contributed by atoms with Crippen LogP contribution in [-0.4, -0.2) is 9.38 Å². The normalized spacial score (nSPS) is 10.8. The van der Waals surface area contributed by atoms with Crippen LogP contribution in [0.25, 0.3) is 5.65 Å². The van der Waals surface area contributed by atoms with Gasteiger partial charge < -0.3 is 5.73 Å². The maximum atomic E-state index is 5.72.